The number of carbonyl (C=O) groups excluding carboxylic acids is 1. The standard InChI is InChI=1S/C24H25BrN2O3S/c1-3-18-9-8-10-19(4-2)24(18)26-23(28)17-27(21-15-13-20(25)14-16-21)31(29,30)22-11-6-5-7-12-22/h5-16H,3-4,17H2,1-2H3,(H,26,28). The fourth-order valence-corrected chi connectivity index (χ4v) is 5.06. The molecule has 0 spiro atoms. The zero-order valence-electron chi connectivity index (χ0n) is 17.5. The fourth-order valence-electron chi connectivity index (χ4n) is 3.35. The molecule has 3 rings (SSSR count). The number of para-hydroxylation sites is 1. The summed E-state index contributed by atoms with van der Waals surface area (Å²) in [5, 5.41) is 2.96. The average molecular weight is 501 g/mol. The van der Waals surface area contributed by atoms with E-state index in [1.807, 2.05) is 32.0 Å². The number of amides is 1. The van der Waals surface area contributed by atoms with Gasteiger partial charge in [0, 0.05) is 10.2 Å². The SMILES string of the molecule is CCc1cccc(CC)c1NC(=O)CN(c1ccc(Br)cc1)S(=O)(=O)c1ccccc1. The molecule has 0 aliphatic heterocycles. The summed E-state index contributed by atoms with van der Waals surface area (Å²) in [6.07, 6.45) is 1.53. The molecule has 0 radical (unpaired) electrons. The van der Waals surface area contributed by atoms with E-state index in [1.54, 1.807) is 42.5 Å². The highest BCUT2D eigenvalue weighted by Crippen LogP contribution is 2.26. The van der Waals surface area contributed by atoms with Gasteiger partial charge in [0.15, 0.2) is 0 Å². The lowest BCUT2D eigenvalue weighted by Gasteiger charge is -2.25. The van der Waals surface area contributed by atoms with Crippen molar-refractivity contribution in [1.82, 2.24) is 0 Å². The van der Waals surface area contributed by atoms with E-state index in [0.717, 1.165) is 38.4 Å². The van der Waals surface area contributed by atoms with E-state index in [2.05, 4.69) is 21.2 Å². The Morgan fingerprint density at radius 3 is 2.00 bits per heavy atom. The molecule has 0 atom stereocenters. The number of benzene rings is 3. The summed E-state index contributed by atoms with van der Waals surface area (Å²) >= 11 is 3.37. The van der Waals surface area contributed by atoms with Gasteiger partial charge in [0.05, 0.1) is 10.6 Å². The van der Waals surface area contributed by atoms with Crippen molar-refractivity contribution >= 4 is 43.2 Å². The van der Waals surface area contributed by atoms with Crippen LogP contribution in [0.15, 0.2) is 82.2 Å². The number of halogens is 1. The Balaban J connectivity index is 1.96. The maximum Gasteiger partial charge on any atom is 0.264 e. The van der Waals surface area contributed by atoms with Crippen LogP contribution in [0, 0.1) is 0 Å². The van der Waals surface area contributed by atoms with Gasteiger partial charge < -0.3 is 5.32 Å². The van der Waals surface area contributed by atoms with Gasteiger partial charge in [-0.25, -0.2) is 8.42 Å². The van der Waals surface area contributed by atoms with Gasteiger partial charge in [-0.2, -0.15) is 0 Å². The molecule has 0 aliphatic carbocycles. The number of nitrogens with zero attached hydrogens (tertiary/aromatic N) is 1. The molecule has 7 heteroatoms. The minimum Gasteiger partial charge on any atom is -0.324 e. The zero-order chi connectivity index (χ0) is 22.4. The van der Waals surface area contributed by atoms with Crippen LogP contribution in [-0.2, 0) is 27.7 Å². The second kappa shape index (κ2) is 10.1. The van der Waals surface area contributed by atoms with Gasteiger partial charge in [-0.05, 0) is 60.4 Å². The molecule has 162 valence electrons. The minimum atomic E-state index is -3.93. The number of sulfonamides is 1. The van der Waals surface area contributed by atoms with Gasteiger partial charge in [-0.3, -0.25) is 9.10 Å². The summed E-state index contributed by atoms with van der Waals surface area (Å²) in [4.78, 5) is 13.2. The molecule has 5 nitrogen and oxygen atoms in total. The Kier molecular flexibility index (Phi) is 7.51. The molecular formula is C24H25BrN2O3S. The molecule has 0 aliphatic rings. The quantitative estimate of drug-likeness (QED) is 0.449. The highest BCUT2D eigenvalue weighted by Gasteiger charge is 2.27. The first kappa shape index (κ1) is 23.0. The van der Waals surface area contributed by atoms with Crippen molar-refractivity contribution < 1.29 is 13.2 Å². The minimum absolute atomic E-state index is 0.133. The van der Waals surface area contributed by atoms with E-state index in [-0.39, 0.29) is 11.4 Å². The normalized spacial score (nSPS) is 11.2. The van der Waals surface area contributed by atoms with Gasteiger partial charge in [-0.15, -0.1) is 0 Å². The number of carbonyl (C=O) groups is 1. The van der Waals surface area contributed by atoms with Crippen LogP contribution in [0.4, 0.5) is 11.4 Å². The second-order valence-electron chi connectivity index (χ2n) is 7.01. The summed E-state index contributed by atoms with van der Waals surface area (Å²) in [7, 11) is -3.93. The third-order valence-electron chi connectivity index (χ3n) is 5.00. The Morgan fingerprint density at radius 1 is 0.871 bits per heavy atom. The van der Waals surface area contributed by atoms with Crippen molar-refractivity contribution in [1.29, 1.82) is 0 Å². The van der Waals surface area contributed by atoms with E-state index in [1.165, 1.54) is 12.1 Å². The van der Waals surface area contributed by atoms with Crippen LogP contribution in [0.3, 0.4) is 0 Å². The maximum atomic E-state index is 13.4. The first-order valence-electron chi connectivity index (χ1n) is 10.1. The molecule has 0 fully saturated rings. The Bertz CT molecular complexity index is 1120. The summed E-state index contributed by atoms with van der Waals surface area (Å²) in [6, 6.07) is 20.9. The molecule has 1 amide bonds. The lowest BCUT2D eigenvalue weighted by atomic mass is 10.0. The molecule has 31 heavy (non-hydrogen) atoms. The largest absolute Gasteiger partial charge is 0.324 e. The van der Waals surface area contributed by atoms with Crippen LogP contribution in [0.2, 0.25) is 0 Å². The van der Waals surface area contributed by atoms with Crippen molar-refractivity contribution in [2.75, 3.05) is 16.2 Å². The first-order chi connectivity index (χ1) is 14.9. The lowest BCUT2D eigenvalue weighted by Crippen LogP contribution is -2.38. The summed E-state index contributed by atoms with van der Waals surface area (Å²) in [5.74, 6) is -0.391. The van der Waals surface area contributed by atoms with Gasteiger partial charge >= 0.3 is 0 Å². The van der Waals surface area contributed by atoms with Crippen molar-refractivity contribution in [2.45, 2.75) is 31.6 Å². The molecule has 3 aromatic carbocycles. The lowest BCUT2D eigenvalue weighted by molar-refractivity contribution is -0.114. The van der Waals surface area contributed by atoms with Gasteiger partial charge in [-0.1, -0.05) is 66.2 Å². The highest BCUT2D eigenvalue weighted by molar-refractivity contribution is 9.10. The second-order valence-corrected chi connectivity index (χ2v) is 9.79. The van der Waals surface area contributed by atoms with Crippen molar-refractivity contribution in [3.05, 3.63) is 88.4 Å². The van der Waals surface area contributed by atoms with Gasteiger partial charge in [0.1, 0.15) is 6.54 Å². The molecule has 3 aromatic rings. The van der Waals surface area contributed by atoms with E-state index < -0.39 is 15.9 Å². The number of hydrogen-bond donors (Lipinski definition) is 1. The Hall–Kier alpha value is -2.64. The monoisotopic (exact) mass is 500 g/mol. The molecule has 0 saturated carbocycles. The van der Waals surface area contributed by atoms with Crippen LogP contribution in [0.5, 0.6) is 0 Å². The molecule has 0 aromatic heterocycles. The summed E-state index contributed by atoms with van der Waals surface area (Å²) in [6.45, 7) is 3.72. The number of rotatable bonds is 8. The predicted molar refractivity (Wildman–Crippen MR) is 129 cm³/mol. The smallest absolute Gasteiger partial charge is 0.264 e. The fraction of sp³-hybridized carbons (Fsp3) is 0.208. The Labute approximate surface area is 192 Å². The van der Waals surface area contributed by atoms with E-state index in [4.69, 9.17) is 0 Å². The maximum absolute atomic E-state index is 13.4. The number of aryl methyl sites for hydroxylation is 2. The third-order valence-corrected chi connectivity index (χ3v) is 7.31. The molecule has 0 unspecified atom stereocenters. The van der Waals surface area contributed by atoms with Gasteiger partial charge in [0.25, 0.3) is 10.0 Å². The number of hydrogen-bond acceptors (Lipinski definition) is 3. The average Bonchev–Trinajstić information content (AvgIpc) is 2.79. The van der Waals surface area contributed by atoms with Crippen LogP contribution in [0.1, 0.15) is 25.0 Å². The Morgan fingerprint density at radius 2 is 1.45 bits per heavy atom. The summed E-state index contributed by atoms with van der Waals surface area (Å²) < 4.78 is 28.7. The van der Waals surface area contributed by atoms with Gasteiger partial charge in [0.2, 0.25) is 5.91 Å². The van der Waals surface area contributed by atoms with E-state index >= 15 is 0 Å². The van der Waals surface area contributed by atoms with Crippen LogP contribution >= 0.6 is 15.9 Å². The predicted octanol–water partition coefficient (Wildman–Crippen LogP) is 5.41. The van der Waals surface area contributed by atoms with Crippen molar-refractivity contribution in [3.63, 3.8) is 0 Å². The van der Waals surface area contributed by atoms with Crippen LogP contribution < -0.4 is 9.62 Å². The highest BCUT2D eigenvalue weighted by atomic mass is 79.9. The first-order valence-corrected chi connectivity index (χ1v) is 12.3. The third kappa shape index (κ3) is 5.35. The van der Waals surface area contributed by atoms with E-state index in [0.29, 0.717) is 5.69 Å². The topological polar surface area (TPSA) is 66.5 Å². The molecule has 0 bridgehead atoms. The molecule has 0 heterocycles. The summed E-state index contributed by atoms with van der Waals surface area (Å²) in [5.41, 5.74) is 3.23. The zero-order valence-corrected chi connectivity index (χ0v) is 19.9. The van der Waals surface area contributed by atoms with Crippen LogP contribution in [-0.4, -0.2) is 20.9 Å². The van der Waals surface area contributed by atoms with Crippen molar-refractivity contribution in [3.8, 4) is 0 Å². The molecular weight excluding hydrogens is 476 g/mol. The van der Waals surface area contributed by atoms with E-state index in [9.17, 15) is 13.2 Å². The molecule has 1 N–H and O–H groups in total. The van der Waals surface area contributed by atoms with Crippen LogP contribution in [0.25, 0.3) is 0 Å². The molecule has 0 saturated heterocycles. The number of anilines is 2. The number of nitrogens with one attached hydrogen (secondary N) is 1. The van der Waals surface area contributed by atoms with Crippen molar-refractivity contribution in [2.24, 2.45) is 0 Å².